The molecule has 140 valence electrons. The summed E-state index contributed by atoms with van der Waals surface area (Å²) in [5.74, 6) is -0.582. The van der Waals surface area contributed by atoms with Crippen LogP contribution in [0.4, 0.5) is 13.2 Å². The van der Waals surface area contributed by atoms with Crippen LogP contribution in [0.1, 0.15) is 18.2 Å². The Morgan fingerprint density at radius 2 is 1.93 bits per heavy atom. The van der Waals surface area contributed by atoms with Gasteiger partial charge in [-0.05, 0) is 30.7 Å². The summed E-state index contributed by atoms with van der Waals surface area (Å²) in [7, 11) is 0. The summed E-state index contributed by atoms with van der Waals surface area (Å²) >= 11 is 0. The number of benzene rings is 1. The van der Waals surface area contributed by atoms with Crippen molar-refractivity contribution >= 4 is 11.6 Å². The van der Waals surface area contributed by atoms with Crippen LogP contribution in [0.2, 0.25) is 0 Å². The molecule has 10 heteroatoms. The monoisotopic (exact) mass is 376 g/mol. The molecule has 0 fully saturated rings. The average Bonchev–Trinajstić information content (AvgIpc) is 3.31. The SMILES string of the molecule is C/C(=N\NC(=O)Cn1ccc(C(F)(F)F)n1)c1ccc(-n2ccnc2)cc1. The smallest absolute Gasteiger partial charge is 0.306 e. The van der Waals surface area contributed by atoms with Crippen LogP contribution in [-0.4, -0.2) is 31.0 Å². The maximum atomic E-state index is 12.5. The van der Waals surface area contributed by atoms with Gasteiger partial charge >= 0.3 is 6.18 Å². The third kappa shape index (κ3) is 4.60. The summed E-state index contributed by atoms with van der Waals surface area (Å²) in [6, 6.07) is 8.23. The molecule has 0 spiro atoms. The lowest BCUT2D eigenvalue weighted by Gasteiger charge is -2.06. The third-order valence-corrected chi connectivity index (χ3v) is 3.67. The molecule has 3 rings (SSSR count). The summed E-state index contributed by atoms with van der Waals surface area (Å²) < 4.78 is 40.2. The van der Waals surface area contributed by atoms with Gasteiger partial charge in [-0.3, -0.25) is 9.48 Å². The first-order valence-electron chi connectivity index (χ1n) is 7.85. The molecule has 7 nitrogen and oxygen atoms in total. The molecule has 2 aromatic heterocycles. The summed E-state index contributed by atoms with van der Waals surface area (Å²) in [6.07, 6.45) is 1.71. The molecule has 0 atom stereocenters. The number of rotatable bonds is 5. The van der Waals surface area contributed by atoms with E-state index in [1.54, 1.807) is 19.4 Å². The van der Waals surface area contributed by atoms with E-state index in [1.807, 2.05) is 35.0 Å². The van der Waals surface area contributed by atoms with Crippen molar-refractivity contribution in [3.05, 3.63) is 66.5 Å². The Bertz CT molecular complexity index is 942. The summed E-state index contributed by atoms with van der Waals surface area (Å²) in [4.78, 5) is 15.8. The largest absolute Gasteiger partial charge is 0.435 e. The predicted molar refractivity (Wildman–Crippen MR) is 91.1 cm³/mol. The Balaban J connectivity index is 1.59. The maximum Gasteiger partial charge on any atom is 0.435 e. The van der Waals surface area contributed by atoms with E-state index in [-0.39, 0.29) is 6.54 Å². The number of hydrazone groups is 1. The second-order valence-corrected chi connectivity index (χ2v) is 5.65. The Morgan fingerprint density at radius 3 is 2.52 bits per heavy atom. The first-order chi connectivity index (χ1) is 12.8. The van der Waals surface area contributed by atoms with Gasteiger partial charge in [-0.15, -0.1) is 0 Å². The number of aromatic nitrogens is 4. The molecule has 3 aromatic rings. The van der Waals surface area contributed by atoms with Gasteiger partial charge in [0.05, 0.1) is 12.0 Å². The van der Waals surface area contributed by atoms with E-state index in [4.69, 9.17) is 0 Å². The lowest BCUT2D eigenvalue weighted by atomic mass is 10.1. The highest BCUT2D eigenvalue weighted by Gasteiger charge is 2.33. The van der Waals surface area contributed by atoms with Crippen LogP contribution in [0.25, 0.3) is 5.69 Å². The van der Waals surface area contributed by atoms with Crippen LogP contribution < -0.4 is 5.43 Å². The number of hydrogen-bond donors (Lipinski definition) is 1. The van der Waals surface area contributed by atoms with Crippen LogP contribution in [0, 0.1) is 0 Å². The number of carbonyl (C=O) groups excluding carboxylic acids is 1. The first kappa shape index (κ1) is 18.4. The van der Waals surface area contributed by atoms with Gasteiger partial charge in [-0.25, -0.2) is 10.4 Å². The summed E-state index contributed by atoms with van der Waals surface area (Å²) in [6.45, 7) is 1.34. The van der Waals surface area contributed by atoms with Crippen molar-refractivity contribution in [1.82, 2.24) is 24.8 Å². The molecule has 2 heterocycles. The number of carbonyl (C=O) groups is 1. The number of amides is 1. The summed E-state index contributed by atoms with van der Waals surface area (Å²) in [5.41, 5.74) is 3.53. The molecule has 0 unspecified atom stereocenters. The van der Waals surface area contributed by atoms with E-state index in [1.165, 1.54) is 0 Å². The number of halogens is 3. The van der Waals surface area contributed by atoms with Crippen molar-refractivity contribution in [3.63, 3.8) is 0 Å². The quantitative estimate of drug-likeness (QED) is 0.549. The zero-order valence-electron chi connectivity index (χ0n) is 14.2. The second-order valence-electron chi connectivity index (χ2n) is 5.65. The maximum absolute atomic E-state index is 12.5. The molecule has 1 aromatic carbocycles. The lowest BCUT2D eigenvalue weighted by Crippen LogP contribution is -2.24. The Labute approximate surface area is 152 Å². The van der Waals surface area contributed by atoms with Crippen molar-refractivity contribution in [2.24, 2.45) is 5.10 Å². The van der Waals surface area contributed by atoms with E-state index < -0.39 is 17.8 Å². The van der Waals surface area contributed by atoms with Gasteiger partial charge in [0.2, 0.25) is 0 Å². The zero-order valence-corrected chi connectivity index (χ0v) is 14.2. The van der Waals surface area contributed by atoms with Crippen molar-refractivity contribution in [2.75, 3.05) is 0 Å². The highest BCUT2D eigenvalue weighted by atomic mass is 19.4. The summed E-state index contributed by atoms with van der Waals surface area (Å²) in [5, 5.41) is 7.29. The van der Waals surface area contributed by atoms with Crippen LogP contribution in [0.5, 0.6) is 0 Å². The molecular weight excluding hydrogens is 361 g/mol. The molecule has 0 aliphatic carbocycles. The van der Waals surface area contributed by atoms with Crippen LogP contribution in [-0.2, 0) is 17.5 Å². The Hall–Kier alpha value is -3.43. The number of alkyl halides is 3. The molecule has 0 bridgehead atoms. The molecule has 0 aliphatic heterocycles. The second kappa shape index (κ2) is 7.44. The van der Waals surface area contributed by atoms with Gasteiger partial charge < -0.3 is 4.57 Å². The third-order valence-electron chi connectivity index (χ3n) is 3.67. The van der Waals surface area contributed by atoms with Gasteiger partial charge in [0.15, 0.2) is 5.69 Å². The number of hydrogen-bond acceptors (Lipinski definition) is 4. The highest BCUT2D eigenvalue weighted by molar-refractivity contribution is 5.99. The average molecular weight is 376 g/mol. The number of imidazole rings is 1. The minimum atomic E-state index is -4.54. The first-order valence-corrected chi connectivity index (χ1v) is 7.85. The molecule has 1 N–H and O–H groups in total. The van der Waals surface area contributed by atoms with Gasteiger partial charge in [-0.1, -0.05) is 12.1 Å². The van der Waals surface area contributed by atoms with E-state index >= 15 is 0 Å². The molecule has 0 saturated heterocycles. The topological polar surface area (TPSA) is 77.1 Å². The fourth-order valence-corrected chi connectivity index (χ4v) is 2.28. The Morgan fingerprint density at radius 1 is 1.19 bits per heavy atom. The van der Waals surface area contributed by atoms with Gasteiger partial charge in [-0.2, -0.15) is 23.4 Å². The molecule has 0 aliphatic rings. The number of nitrogens with one attached hydrogen (secondary N) is 1. The van der Waals surface area contributed by atoms with Crippen molar-refractivity contribution in [3.8, 4) is 5.69 Å². The number of nitrogens with zero attached hydrogens (tertiary/aromatic N) is 5. The van der Waals surface area contributed by atoms with Gasteiger partial charge in [0.25, 0.3) is 5.91 Å². The zero-order chi connectivity index (χ0) is 19.4. The fourth-order valence-electron chi connectivity index (χ4n) is 2.28. The molecule has 0 radical (unpaired) electrons. The minimum absolute atomic E-state index is 0.369. The minimum Gasteiger partial charge on any atom is -0.306 e. The van der Waals surface area contributed by atoms with E-state index in [0.29, 0.717) is 5.71 Å². The molecule has 27 heavy (non-hydrogen) atoms. The predicted octanol–water partition coefficient (Wildman–Crippen LogP) is 2.63. The van der Waals surface area contributed by atoms with Crippen molar-refractivity contribution in [2.45, 2.75) is 19.6 Å². The van der Waals surface area contributed by atoms with Gasteiger partial charge in [0.1, 0.15) is 6.54 Å². The van der Waals surface area contributed by atoms with E-state index in [0.717, 1.165) is 28.2 Å². The molecule has 0 saturated carbocycles. The lowest BCUT2D eigenvalue weighted by molar-refractivity contribution is -0.141. The van der Waals surface area contributed by atoms with Crippen molar-refractivity contribution in [1.29, 1.82) is 0 Å². The van der Waals surface area contributed by atoms with E-state index in [9.17, 15) is 18.0 Å². The van der Waals surface area contributed by atoms with Crippen LogP contribution in [0.15, 0.2) is 60.4 Å². The van der Waals surface area contributed by atoms with Gasteiger partial charge in [0, 0.05) is 24.3 Å². The molecular formula is C17H15F3N6O. The van der Waals surface area contributed by atoms with Crippen LogP contribution in [0.3, 0.4) is 0 Å². The molecule has 1 amide bonds. The van der Waals surface area contributed by atoms with Crippen molar-refractivity contribution < 1.29 is 18.0 Å². The Kier molecular flexibility index (Phi) is 5.06. The standard InChI is InChI=1S/C17H15F3N6O/c1-12(13-2-4-14(5-3-13)25-9-7-21-11-25)22-23-16(27)10-26-8-6-15(24-26)17(18,19)20/h2-9,11H,10H2,1H3,(H,23,27)/b22-12+. The van der Waals surface area contributed by atoms with Crippen LogP contribution >= 0.6 is 0 Å². The highest BCUT2D eigenvalue weighted by Crippen LogP contribution is 2.27. The fraction of sp³-hybridized carbons (Fsp3) is 0.176. The normalized spacial score (nSPS) is 12.2. The van der Waals surface area contributed by atoms with E-state index in [2.05, 4.69) is 20.6 Å².